The zero-order chi connectivity index (χ0) is 14.3. The molecule has 104 valence electrons. The molecule has 0 saturated heterocycles. The van der Waals surface area contributed by atoms with Gasteiger partial charge < -0.3 is 15.2 Å². The molecule has 1 aromatic carbocycles. The van der Waals surface area contributed by atoms with E-state index < -0.39 is 5.97 Å². The predicted molar refractivity (Wildman–Crippen MR) is 71.0 cm³/mol. The summed E-state index contributed by atoms with van der Waals surface area (Å²) in [4.78, 5) is 22.2. The number of carbonyl (C=O) groups is 2. The van der Waals surface area contributed by atoms with Gasteiger partial charge in [0.1, 0.15) is 0 Å². The molecule has 5 nitrogen and oxygen atoms in total. The van der Waals surface area contributed by atoms with E-state index in [4.69, 9.17) is 9.84 Å². The van der Waals surface area contributed by atoms with Crippen molar-refractivity contribution in [1.82, 2.24) is 5.32 Å². The maximum absolute atomic E-state index is 11.5. The monoisotopic (exact) mass is 265 g/mol. The SMILES string of the molecule is CC(C)OCCC(=O)NCc1ccc(C(=O)O)cc1. The van der Waals surface area contributed by atoms with E-state index in [-0.39, 0.29) is 17.6 Å². The number of carboxylic acids is 1. The fourth-order valence-corrected chi connectivity index (χ4v) is 1.44. The highest BCUT2D eigenvalue weighted by molar-refractivity contribution is 5.87. The Balaban J connectivity index is 2.32. The molecule has 0 unspecified atom stereocenters. The molecule has 19 heavy (non-hydrogen) atoms. The summed E-state index contributed by atoms with van der Waals surface area (Å²) in [6, 6.07) is 6.42. The molecule has 0 atom stereocenters. The van der Waals surface area contributed by atoms with Crippen LogP contribution in [0.1, 0.15) is 36.2 Å². The summed E-state index contributed by atoms with van der Waals surface area (Å²) in [6.45, 7) is 4.63. The summed E-state index contributed by atoms with van der Waals surface area (Å²) in [5.74, 6) is -1.04. The molecular formula is C14H19NO4. The number of ether oxygens (including phenoxy) is 1. The van der Waals surface area contributed by atoms with E-state index >= 15 is 0 Å². The minimum Gasteiger partial charge on any atom is -0.478 e. The van der Waals surface area contributed by atoms with E-state index in [9.17, 15) is 9.59 Å². The Bertz CT molecular complexity index is 426. The molecule has 0 saturated carbocycles. The number of amides is 1. The van der Waals surface area contributed by atoms with Gasteiger partial charge in [0.25, 0.3) is 0 Å². The van der Waals surface area contributed by atoms with Crippen LogP contribution in [0.5, 0.6) is 0 Å². The lowest BCUT2D eigenvalue weighted by Crippen LogP contribution is -2.24. The smallest absolute Gasteiger partial charge is 0.335 e. The highest BCUT2D eigenvalue weighted by atomic mass is 16.5. The van der Waals surface area contributed by atoms with E-state index in [1.54, 1.807) is 12.1 Å². The molecule has 0 radical (unpaired) electrons. The van der Waals surface area contributed by atoms with Crippen molar-refractivity contribution >= 4 is 11.9 Å². The van der Waals surface area contributed by atoms with E-state index in [1.807, 2.05) is 13.8 Å². The van der Waals surface area contributed by atoms with Crippen LogP contribution in [0.4, 0.5) is 0 Å². The molecule has 0 bridgehead atoms. The summed E-state index contributed by atoms with van der Waals surface area (Å²) in [7, 11) is 0. The van der Waals surface area contributed by atoms with Gasteiger partial charge in [-0.2, -0.15) is 0 Å². The van der Waals surface area contributed by atoms with Crippen molar-refractivity contribution in [2.75, 3.05) is 6.61 Å². The first-order valence-electron chi connectivity index (χ1n) is 6.19. The molecular weight excluding hydrogens is 246 g/mol. The minimum atomic E-state index is -0.957. The normalized spacial score (nSPS) is 10.5. The van der Waals surface area contributed by atoms with Gasteiger partial charge in [0, 0.05) is 13.0 Å². The Morgan fingerprint density at radius 2 is 1.89 bits per heavy atom. The third kappa shape index (κ3) is 6.01. The average molecular weight is 265 g/mol. The van der Waals surface area contributed by atoms with Crippen LogP contribution in [0.15, 0.2) is 24.3 Å². The summed E-state index contributed by atoms with van der Waals surface area (Å²) >= 11 is 0. The second-order valence-electron chi connectivity index (χ2n) is 4.45. The zero-order valence-corrected chi connectivity index (χ0v) is 11.2. The third-order valence-corrected chi connectivity index (χ3v) is 2.47. The standard InChI is InChI=1S/C14H19NO4/c1-10(2)19-8-7-13(16)15-9-11-3-5-12(6-4-11)14(17)18/h3-6,10H,7-9H2,1-2H3,(H,15,16)(H,17,18). The van der Waals surface area contributed by atoms with E-state index in [0.29, 0.717) is 19.6 Å². The largest absolute Gasteiger partial charge is 0.478 e. The van der Waals surface area contributed by atoms with Crippen LogP contribution >= 0.6 is 0 Å². The average Bonchev–Trinajstić information content (AvgIpc) is 2.36. The van der Waals surface area contributed by atoms with Gasteiger partial charge in [-0.3, -0.25) is 4.79 Å². The van der Waals surface area contributed by atoms with Crippen molar-refractivity contribution in [3.8, 4) is 0 Å². The molecule has 1 aromatic rings. The molecule has 0 fully saturated rings. The molecule has 2 N–H and O–H groups in total. The molecule has 0 aliphatic carbocycles. The van der Waals surface area contributed by atoms with Crippen LogP contribution in [-0.2, 0) is 16.1 Å². The fraction of sp³-hybridized carbons (Fsp3) is 0.429. The maximum Gasteiger partial charge on any atom is 0.335 e. The van der Waals surface area contributed by atoms with Crippen molar-refractivity contribution in [3.05, 3.63) is 35.4 Å². The van der Waals surface area contributed by atoms with Crippen molar-refractivity contribution in [1.29, 1.82) is 0 Å². The van der Waals surface area contributed by atoms with Crippen LogP contribution in [0.3, 0.4) is 0 Å². The number of rotatable bonds is 7. The second-order valence-corrected chi connectivity index (χ2v) is 4.45. The van der Waals surface area contributed by atoms with E-state index in [1.165, 1.54) is 12.1 Å². The highest BCUT2D eigenvalue weighted by Gasteiger charge is 2.04. The third-order valence-electron chi connectivity index (χ3n) is 2.47. The highest BCUT2D eigenvalue weighted by Crippen LogP contribution is 2.04. The lowest BCUT2D eigenvalue weighted by Gasteiger charge is -2.08. The summed E-state index contributed by atoms with van der Waals surface area (Å²) < 4.78 is 5.28. The maximum atomic E-state index is 11.5. The van der Waals surface area contributed by atoms with Gasteiger partial charge in [0.05, 0.1) is 18.3 Å². The zero-order valence-electron chi connectivity index (χ0n) is 11.2. The number of hydrogen-bond acceptors (Lipinski definition) is 3. The first-order valence-corrected chi connectivity index (χ1v) is 6.19. The fourth-order valence-electron chi connectivity index (χ4n) is 1.44. The van der Waals surface area contributed by atoms with Crippen LogP contribution < -0.4 is 5.32 Å². The molecule has 5 heteroatoms. The van der Waals surface area contributed by atoms with Gasteiger partial charge in [-0.05, 0) is 31.5 Å². The van der Waals surface area contributed by atoms with Crippen molar-refractivity contribution in [2.45, 2.75) is 32.9 Å². The Kier molecular flexibility index (Phi) is 6.02. The van der Waals surface area contributed by atoms with Crippen molar-refractivity contribution < 1.29 is 19.4 Å². The lowest BCUT2D eigenvalue weighted by molar-refractivity contribution is -0.122. The first kappa shape index (κ1) is 15.2. The lowest BCUT2D eigenvalue weighted by atomic mass is 10.1. The van der Waals surface area contributed by atoms with E-state index in [2.05, 4.69) is 5.32 Å². The van der Waals surface area contributed by atoms with Crippen LogP contribution in [0.2, 0.25) is 0 Å². The van der Waals surface area contributed by atoms with Gasteiger partial charge in [0.2, 0.25) is 5.91 Å². The molecule has 0 aliphatic heterocycles. The van der Waals surface area contributed by atoms with Crippen LogP contribution in [-0.4, -0.2) is 29.7 Å². The van der Waals surface area contributed by atoms with Crippen molar-refractivity contribution in [3.63, 3.8) is 0 Å². The predicted octanol–water partition coefficient (Wildman–Crippen LogP) is 1.82. The van der Waals surface area contributed by atoms with Crippen LogP contribution in [0.25, 0.3) is 0 Å². The number of carbonyl (C=O) groups excluding carboxylic acids is 1. The van der Waals surface area contributed by atoms with Crippen molar-refractivity contribution in [2.24, 2.45) is 0 Å². The number of hydrogen-bond donors (Lipinski definition) is 2. The Hall–Kier alpha value is -1.88. The van der Waals surface area contributed by atoms with Gasteiger partial charge in [-0.15, -0.1) is 0 Å². The van der Waals surface area contributed by atoms with E-state index in [0.717, 1.165) is 5.56 Å². The summed E-state index contributed by atoms with van der Waals surface area (Å²) in [6.07, 6.45) is 0.446. The first-order chi connectivity index (χ1) is 8.99. The van der Waals surface area contributed by atoms with Crippen LogP contribution in [0, 0.1) is 0 Å². The molecule has 1 rings (SSSR count). The molecule has 0 spiro atoms. The Labute approximate surface area is 112 Å². The molecule has 0 heterocycles. The number of carboxylic acid groups (broad SMARTS) is 1. The molecule has 0 aliphatic rings. The minimum absolute atomic E-state index is 0.0806. The number of aromatic carboxylic acids is 1. The Morgan fingerprint density at radius 1 is 1.26 bits per heavy atom. The molecule has 1 amide bonds. The van der Waals surface area contributed by atoms with Gasteiger partial charge in [0.15, 0.2) is 0 Å². The second kappa shape index (κ2) is 7.53. The topological polar surface area (TPSA) is 75.6 Å². The van der Waals surface area contributed by atoms with Gasteiger partial charge >= 0.3 is 5.97 Å². The van der Waals surface area contributed by atoms with Gasteiger partial charge in [-0.25, -0.2) is 4.79 Å². The number of nitrogens with one attached hydrogen (secondary N) is 1. The molecule has 0 aromatic heterocycles. The Morgan fingerprint density at radius 3 is 2.42 bits per heavy atom. The number of benzene rings is 1. The summed E-state index contributed by atoms with van der Waals surface area (Å²) in [5, 5.41) is 11.5. The summed E-state index contributed by atoms with van der Waals surface area (Å²) in [5.41, 5.74) is 1.10. The van der Waals surface area contributed by atoms with Gasteiger partial charge in [-0.1, -0.05) is 12.1 Å². The quantitative estimate of drug-likeness (QED) is 0.788.